The summed E-state index contributed by atoms with van der Waals surface area (Å²) in [6.07, 6.45) is 2.22. The molecular weight excluding hydrogens is 538 g/mol. The van der Waals surface area contributed by atoms with Crippen LogP contribution in [0.3, 0.4) is 0 Å². The number of benzene rings is 1. The van der Waals surface area contributed by atoms with Gasteiger partial charge in [-0.1, -0.05) is 42.0 Å². The summed E-state index contributed by atoms with van der Waals surface area (Å²) >= 11 is 0. The lowest BCUT2D eigenvalue weighted by atomic mass is 9.97. The van der Waals surface area contributed by atoms with Crippen molar-refractivity contribution in [1.82, 2.24) is 25.3 Å². The van der Waals surface area contributed by atoms with Gasteiger partial charge in [0, 0.05) is 39.7 Å². The molecule has 3 N–H and O–H groups in total. The Kier molecular flexibility index (Phi) is 10.7. The van der Waals surface area contributed by atoms with E-state index in [2.05, 4.69) is 10.6 Å². The van der Waals surface area contributed by atoms with E-state index in [0.717, 1.165) is 11.1 Å². The van der Waals surface area contributed by atoms with Gasteiger partial charge in [0.05, 0.1) is 18.7 Å². The van der Waals surface area contributed by atoms with Crippen LogP contribution >= 0.6 is 0 Å². The van der Waals surface area contributed by atoms with E-state index >= 15 is 0 Å². The van der Waals surface area contributed by atoms with Crippen LogP contribution in [0.25, 0.3) is 0 Å². The Morgan fingerprint density at radius 2 is 1.81 bits per heavy atom. The van der Waals surface area contributed by atoms with Crippen molar-refractivity contribution in [3.8, 4) is 0 Å². The molecule has 3 heterocycles. The topological polar surface area (TPSA) is 132 Å². The fourth-order valence-corrected chi connectivity index (χ4v) is 5.80. The van der Waals surface area contributed by atoms with E-state index in [1.54, 1.807) is 18.9 Å². The Morgan fingerprint density at radius 1 is 1.07 bits per heavy atom. The molecule has 4 amide bonds. The molecule has 4 rings (SSSR count). The van der Waals surface area contributed by atoms with Gasteiger partial charge in [-0.15, -0.1) is 0 Å². The fourth-order valence-electron chi connectivity index (χ4n) is 5.80. The molecule has 42 heavy (non-hydrogen) atoms. The van der Waals surface area contributed by atoms with Crippen molar-refractivity contribution in [2.24, 2.45) is 0 Å². The average molecular weight is 584 g/mol. The predicted molar refractivity (Wildman–Crippen MR) is 157 cm³/mol. The number of hydrogen-bond donors (Lipinski definition) is 3. The van der Waals surface area contributed by atoms with Gasteiger partial charge in [-0.2, -0.15) is 0 Å². The van der Waals surface area contributed by atoms with Crippen LogP contribution in [-0.4, -0.2) is 120 Å². The third kappa shape index (κ3) is 7.76. The molecule has 230 valence electrons. The van der Waals surface area contributed by atoms with Crippen molar-refractivity contribution < 1.29 is 29.0 Å². The van der Waals surface area contributed by atoms with Crippen molar-refractivity contribution in [2.75, 3.05) is 39.8 Å². The van der Waals surface area contributed by atoms with E-state index in [-0.39, 0.29) is 31.3 Å². The summed E-state index contributed by atoms with van der Waals surface area (Å²) < 4.78 is 5.95. The summed E-state index contributed by atoms with van der Waals surface area (Å²) in [5, 5.41) is 17.1. The predicted octanol–water partition coefficient (Wildman–Crippen LogP) is 0.468. The molecule has 1 unspecified atom stereocenters. The molecule has 1 aromatic rings. The van der Waals surface area contributed by atoms with E-state index in [9.17, 15) is 24.3 Å². The van der Waals surface area contributed by atoms with Crippen molar-refractivity contribution in [3.63, 3.8) is 0 Å². The second-order valence-corrected chi connectivity index (χ2v) is 11.9. The van der Waals surface area contributed by atoms with Crippen LogP contribution in [0.5, 0.6) is 0 Å². The number of nitrogens with one attached hydrogen (secondary N) is 2. The third-order valence-corrected chi connectivity index (χ3v) is 8.52. The van der Waals surface area contributed by atoms with Crippen LogP contribution in [0.15, 0.2) is 42.0 Å². The number of likely N-dealkylation sites (N-methyl/N-ethyl adjacent to an activating group) is 1. The normalized spacial score (nSPS) is 30.3. The molecule has 1 aromatic carbocycles. The number of carbonyl (C=O) groups excluding carboxylic acids is 4. The largest absolute Gasteiger partial charge is 0.388 e. The molecule has 6 atom stereocenters. The lowest BCUT2D eigenvalue weighted by molar-refractivity contribution is -0.147. The number of nitrogens with zero attached hydrogens (tertiary/aromatic N) is 3. The minimum absolute atomic E-state index is 0.0517. The number of aliphatic hydroxyl groups excluding tert-OH is 1. The van der Waals surface area contributed by atoms with Crippen LogP contribution in [0.4, 0.5) is 0 Å². The van der Waals surface area contributed by atoms with E-state index in [1.165, 1.54) is 4.90 Å². The lowest BCUT2D eigenvalue weighted by Crippen LogP contribution is -2.60. The molecule has 3 fully saturated rings. The molecule has 11 nitrogen and oxygen atoms in total. The quantitative estimate of drug-likeness (QED) is 0.439. The highest BCUT2D eigenvalue weighted by atomic mass is 16.5. The van der Waals surface area contributed by atoms with Crippen molar-refractivity contribution >= 4 is 23.6 Å². The zero-order valence-corrected chi connectivity index (χ0v) is 25.1. The Morgan fingerprint density at radius 3 is 2.52 bits per heavy atom. The molecule has 0 aliphatic carbocycles. The summed E-state index contributed by atoms with van der Waals surface area (Å²) in [5.74, 6) is -1.37. The highest BCUT2D eigenvalue weighted by Crippen LogP contribution is 2.22. The molecule has 2 bridgehead atoms. The Bertz CT molecular complexity index is 1160. The number of amides is 4. The first-order valence-electron chi connectivity index (χ1n) is 14.9. The van der Waals surface area contributed by atoms with Crippen LogP contribution in [0, 0.1) is 0 Å². The van der Waals surface area contributed by atoms with Gasteiger partial charge in [-0.3, -0.25) is 24.1 Å². The van der Waals surface area contributed by atoms with Crippen LogP contribution in [-0.2, 0) is 30.3 Å². The minimum atomic E-state index is -1.01. The Labute approximate surface area is 248 Å². The van der Waals surface area contributed by atoms with Crippen LogP contribution in [0.1, 0.15) is 45.6 Å². The maximum absolute atomic E-state index is 13.6. The van der Waals surface area contributed by atoms with Crippen LogP contribution in [0.2, 0.25) is 0 Å². The molecular formula is C31H45N5O6. The average Bonchev–Trinajstić information content (AvgIpc) is 3.46. The minimum Gasteiger partial charge on any atom is -0.388 e. The van der Waals surface area contributed by atoms with Gasteiger partial charge in [0.25, 0.3) is 0 Å². The van der Waals surface area contributed by atoms with Crippen LogP contribution < -0.4 is 10.6 Å². The summed E-state index contributed by atoms with van der Waals surface area (Å²) in [6.45, 7) is 7.16. The number of carbonyl (C=O) groups is 4. The molecule has 0 spiro atoms. The summed E-state index contributed by atoms with van der Waals surface area (Å²) in [5.41, 5.74) is 1.95. The van der Waals surface area contributed by atoms with Gasteiger partial charge in [-0.25, -0.2) is 0 Å². The fraction of sp³-hybridized carbons (Fsp3) is 0.613. The molecule has 3 aliphatic rings. The monoisotopic (exact) mass is 583 g/mol. The van der Waals surface area contributed by atoms with E-state index in [1.807, 2.05) is 55.2 Å². The summed E-state index contributed by atoms with van der Waals surface area (Å²) in [4.78, 5) is 59.1. The second-order valence-electron chi connectivity index (χ2n) is 11.9. The van der Waals surface area contributed by atoms with E-state index in [0.29, 0.717) is 39.0 Å². The van der Waals surface area contributed by atoms with E-state index in [4.69, 9.17) is 4.74 Å². The van der Waals surface area contributed by atoms with Gasteiger partial charge in [0.1, 0.15) is 24.2 Å². The van der Waals surface area contributed by atoms with Gasteiger partial charge in [0.2, 0.25) is 23.6 Å². The molecule has 11 heteroatoms. The smallest absolute Gasteiger partial charge is 0.245 e. The first-order valence-corrected chi connectivity index (χ1v) is 14.9. The van der Waals surface area contributed by atoms with Crippen molar-refractivity contribution in [2.45, 2.75) is 82.8 Å². The maximum Gasteiger partial charge on any atom is 0.245 e. The number of hydrogen-bond acceptors (Lipinski definition) is 7. The Balaban J connectivity index is 1.66. The molecule has 3 saturated heterocycles. The summed E-state index contributed by atoms with van der Waals surface area (Å²) in [6, 6.07) is 6.33. The Hall–Kier alpha value is -3.28. The number of fused-ring (bicyclic) bond motifs is 3. The zero-order chi connectivity index (χ0) is 30.4. The number of allylic oxidation sites excluding steroid dienone is 1. The standard InChI is InChI=1S/C31H45N5O6/c1-20(2)12-15-35-18-26-28(38)23(13-16-42-26)32-30(40)24(17-22-9-6-5-7-10-22)33-29(39)21(3)34(4)31(41)25-11-8-14-36(25)27(37)19-35/h5-7,9-10,12,21,23-26,28,38H,8,11,13-19H2,1-4H3,(H,32,40)(H,33,39)/t21-,23-,24?,25-,26+,28-/m0/s1. The molecule has 0 aromatic heterocycles. The van der Waals surface area contributed by atoms with Gasteiger partial charge in [0.15, 0.2) is 0 Å². The highest BCUT2D eigenvalue weighted by Gasteiger charge is 2.41. The second kappa shape index (κ2) is 14.3. The third-order valence-electron chi connectivity index (χ3n) is 8.52. The summed E-state index contributed by atoms with van der Waals surface area (Å²) in [7, 11) is 1.56. The van der Waals surface area contributed by atoms with Crippen molar-refractivity contribution in [1.29, 1.82) is 0 Å². The number of ether oxygens (including phenoxy) is 1. The molecule has 0 radical (unpaired) electrons. The first-order chi connectivity index (χ1) is 20.0. The first kappa shape index (κ1) is 31.7. The lowest BCUT2D eigenvalue weighted by Gasteiger charge is -2.38. The molecule has 0 saturated carbocycles. The van der Waals surface area contributed by atoms with Gasteiger partial charge in [-0.05, 0) is 45.6 Å². The maximum atomic E-state index is 13.6. The van der Waals surface area contributed by atoms with Crippen molar-refractivity contribution in [3.05, 3.63) is 47.5 Å². The number of aliphatic hydroxyl groups is 1. The highest BCUT2D eigenvalue weighted by molar-refractivity contribution is 5.94. The molecule has 3 aliphatic heterocycles. The van der Waals surface area contributed by atoms with E-state index < -0.39 is 48.2 Å². The number of rotatable bonds is 4. The van der Waals surface area contributed by atoms with Gasteiger partial charge >= 0.3 is 0 Å². The zero-order valence-electron chi connectivity index (χ0n) is 25.1. The SMILES string of the molecule is CC(C)=CCN1CC(=O)N2CCC[C@H]2C(=O)N(C)[C@@H](C)C(=O)NC(Cc2ccccc2)C(=O)N[C@H]2CCO[C@H](C1)[C@H]2O. The van der Waals surface area contributed by atoms with Gasteiger partial charge < -0.3 is 30.3 Å².